The molecule has 1 spiro atoms. The van der Waals surface area contributed by atoms with Gasteiger partial charge in [0.05, 0.1) is 13.2 Å². The predicted octanol–water partition coefficient (Wildman–Crippen LogP) is -0.597. The third-order valence-corrected chi connectivity index (χ3v) is 4.22. The molecule has 0 aromatic heterocycles. The molecule has 2 saturated heterocycles. The fourth-order valence-corrected chi connectivity index (χ4v) is 2.77. The van der Waals surface area contributed by atoms with E-state index in [0.717, 1.165) is 11.3 Å². The van der Waals surface area contributed by atoms with Crippen molar-refractivity contribution in [1.82, 2.24) is 15.1 Å². The molecule has 2 aliphatic heterocycles. The summed E-state index contributed by atoms with van der Waals surface area (Å²) < 4.78 is 5.09. The third kappa shape index (κ3) is 2.46. The summed E-state index contributed by atoms with van der Waals surface area (Å²) in [5.74, 6) is -1.26. The summed E-state index contributed by atoms with van der Waals surface area (Å²) in [5, 5.41) is 2.19. The third-order valence-electron chi connectivity index (χ3n) is 4.22. The number of unbranched alkanes of at least 4 members (excludes halogenated alkanes) is 1. The Morgan fingerprint density at radius 2 is 2.14 bits per heavy atom. The maximum atomic E-state index is 12.1. The number of primary amides is 1. The van der Waals surface area contributed by atoms with Crippen LogP contribution in [0.3, 0.4) is 0 Å². The molecule has 0 radical (unpaired) electrons. The van der Waals surface area contributed by atoms with Gasteiger partial charge in [0, 0.05) is 13.5 Å². The Hall–Kier alpha value is -2.32. The number of urea groups is 1. The van der Waals surface area contributed by atoms with Gasteiger partial charge in [-0.05, 0) is 6.42 Å². The summed E-state index contributed by atoms with van der Waals surface area (Å²) in [6, 6.07) is -1.54. The molecule has 0 bridgehead atoms. The molecular weight excluding hydrogens is 292 g/mol. The first-order valence-electron chi connectivity index (χ1n) is 7.15. The number of ether oxygens (including phenoxy) is 1. The lowest BCUT2D eigenvalue weighted by Gasteiger charge is -2.27. The molecule has 0 saturated carbocycles. The van der Waals surface area contributed by atoms with Crippen LogP contribution in [-0.2, 0) is 14.3 Å². The van der Waals surface area contributed by atoms with Crippen LogP contribution in [0.4, 0.5) is 9.59 Å². The highest BCUT2D eigenvalue weighted by Crippen LogP contribution is 2.35. The van der Waals surface area contributed by atoms with Crippen LogP contribution in [0.2, 0.25) is 0 Å². The Kier molecular flexibility index (Phi) is 4.25. The van der Waals surface area contributed by atoms with Crippen molar-refractivity contribution in [3.63, 3.8) is 0 Å². The number of likely N-dealkylation sites (N-methyl/N-ethyl adjacent to an activating group) is 1. The number of hydrogen-bond donors (Lipinski definition) is 2. The maximum absolute atomic E-state index is 12.1. The van der Waals surface area contributed by atoms with Crippen molar-refractivity contribution in [3.8, 4) is 0 Å². The lowest BCUT2D eigenvalue weighted by molar-refractivity contribution is -0.125. The number of likely N-dealkylation sites (tertiary alicyclic amines) is 1. The first-order chi connectivity index (χ1) is 10.3. The number of nitrogens with one attached hydrogen (secondary N) is 1. The van der Waals surface area contributed by atoms with E-state index in [0.29, 0.717) is 6.42 Å². The summed E-state index contributed by atoms with van der Waals surface area (Å²) in [7, 11) is 1.45. The second-order valence-corrected chi connectivity index (χ2v) is 5.57. The van der Waals surface area contributed by atoms with Crippen molar-refractivity contribution in [3.05, 3.63) is 0 Å². The molecule has 122 valence electrons. The molecule has 9 nitrogen and oxygen atoms in total. The van der Waals surface area contributed by atoms with E-state index in [2.05, 4.69) is 5.32 Å². The summed E-state index contributed by atoms with van der Waals surface area (Å²) in [6.45, 7) is 2.07. The Labute approximate surface area is 127 Å². The molecule has 2 aliphatic rings. The molecule has 2 rings (SSSR count). The smallest absolute Gasteiger partial charge is 0.410 e. The molecule has 5 amide bonds. The van der Waals surface area contributed by atoms with E-state index in [9.17, 15) is 19.2 Å². The highest BCUT2D eigenvalue weighted by molar-refractivity contribution is 6.08. The van der Waals surface area contributed by atoms with Crippen molar-refractivity contribution >= 4 is 23.9 Å². The zero-order chi connectivity index (χ0) is 16.5. The van der Waals surface area contributed by atoms with Crippen molar-refractivity contribution in [2.75, 3.05) is 20.2 Å². The molecule has 0 unspecified atom stereocenters. The van der Waals surface area contributed by atoms with E-state index in [1.54, 1.807) is 0 Å². The average molecular weight is 312 g/mol. The number of amides is 5. The molecule has 22 heavy (non-hydrogen) atoms. The number of rotatable bonds is 4. The minimum Gasteiger partial charge on any atom is -0.449 e. The van der Waals surface area contributed by atoms with E-state index in [1.165, 1.54) is 11.9 Å². The van der Waals surface area contributed by atoms with Gasteiger partial charge in [0.15, 0.2) is 0 Å². The van der Waals surface area contributed by atoms with Gasteiger partial charge < -0.3 is 15.4 Å². The fraction of sp³-hybridized carbons (Fsp3) is 0.692. The molecular formula is C13H20N4O5. The van der Waals surface area contributed by atoms with Crippen molar-refractivity contribution in [1.29, 1.82) is 0 Å². The van der Waals surface area contributed by atoms with E-state index in [1.807, 2.05) is 6.92 Å². The zero-order valence-corrected chi connectivity index (χ0v) is 12.6. The van der Waals surface area contributed by atoms with Crippen LogP contribution in [-0.4, -0.2) is 65.5 Å². The monoisotopic (exact) mass is 312 g/mol. The average Bonchev–Trinajstić information content (AvgIpc) is 2.96. The second kappa shape index (κ2) is 5.82. The highest BCUT2D eigenvalue weighted by Gasteiger charge is 2.60. The quantitative estimate of drug-likeness (QED) is 0.530. The van der Waals surface area contributed by atoms with Crippen LogP contribution in [0.5, 0.6) is 0 Å². The van der Waals surface area contributed by atoms with Gasteiger partial charge in [-0.2, -0.15) is 0 Å². The van der Waals surface area contributed by atoms with Crippen molar-refractivity contribution in [2.24, 2.45) is 5.73 Å². The lowest BCUT2D eigenvalue weighted by atomic mass is 9.94. The summed E-state index contributed by atoms with van der Waals surface area (Å²) in [6.07, 6.45) is 0.829. The molecule has 3 N–H and O–H groups in total. The van der Waals surface area contributed by atoms with Crippen LogP contribution >= 0.6 is 0 Å². The van der Waals surface area contributed by atoms with Crippen molar-refractivity contribution < 1.29 is 23.9 Å². The van der Waals surface area contributed by atoms with Gasteiger partial charge in [0.25, 0.3) is 5.91 Å². The molecule has 2 atom stereocenters. The van der Waals surface area contributed by atoms with Crippen LogP contribution in [0.1, 0.15) is 26.2 Å². The number of carbonyl (C=O) groups excluding carboxylic acids is 4. The van der Waals surface area contributed by atoms with Crippen LogP contribution < -0.4 is 11.1 Å². The number of nitrogens with two attached hydrogens (primary N) is 1. The molecule has 0 aromatic carbocycles. The van der Waals surface area contributed by atoms with E-state index in [4.69, 9.17) is 10.5 Å². The van der Waals surface area contributed by atoms with Crippen LogP contribution in [0.15, 0.2) is 0 Å². The largest absolute Gasteiger partial charge is 0.449 e. The predicted molar refractivity (Wildman–Crippen MR) is 74.6 cm³/mol. The minimum atomic E-state index is -1.26. The Morgan fingerprint density at radius 3 is 2.64 bits per heavy atom. The van der Waals surface area contributed by atoms with Crippen LogP contribution in [0.25, 0.3) is 0 Å². The molecule has 9 heteroatoms. The van der Waals surface area contributed by atoms with Crippen LogP contribution in [0, 0.1) is 0 Å². The van der Waals surface area contributed by atoms with Gasteiger partial charge in [-0.1, -0.05) is 13.3 Å². The summed E-state index contributed by atoms with van der Waals surface area (Å²) in [4.78, 5) is 49.9. The van der Waals surface area contributed by atoms with E-state index >= 15 is 0 Å². The van der Waals surface area contributed by atoms with Gasteiger partial charge in [-0.3, -0.25) is 19.8 Å². The Bertz CT molecular complexity index is 523. The molecule has 0 aromatic rings. The van der Waals surface area contributed by atoms with Gasteiger partial charge in [-0.15, -0.1) is 0 Å². The van der Waals surface area contributed by atoms with Gasteiger partial charge in [0.2, 0.25) is 5.91 Å². The minimum absolute atomic E-state index is 0.0285. The number of carbonyl (C=O) groups is 4. The Morgan fingerprint density at radius 1 is 1.45 bits per heavy atom. The number of hydrogen-bond acceptors (Lipinski definition) is 5. The molecule has 2 heterocycles. The SMILES string of the molecule is CCCCOC(=O)N1C[C@]2(C[C@H]1C(N)=O)C(=O)NC(=O)N2C. The highest BCUT2D eigenvalue weighted by atomic mass is 16.6. The lowest BCUT2D eigenvalue weighted by Crippen LogP contribution is -2.50. The van der Waals surface area contributed by atoms with Crippen molar-refractivity contribution in [2.45, 2.75) is 37.8 Å². The van der Waals surface area contributed by atoms with Gasteiger partial charge in [-0.25, -0.2) is 9.59 Å². The number of nitrogens with zero attached hydrogens (tertiary/aromatic N) is 2. The first-order valence-corrected chi connectivity index (χ1v) is 7.15. The topological polar surface area (TPSA) is 122 Å². The standard InChI is InChI=1S/C13H20N4O5/c1-3-4-5-22-12(21)17-7-13(6-8(17)9(14)18)10(19)15-11(20)16(13)2/h8H,3-7H2,1-2H3,(H2,14,18)(H,15,19,20)/t8-,13+/m0/s1. The second-order valence-electron chi connectivity index (χ2n) is 5.57. The zero-order valence-electron chi connectivity index (χ0n) is 12.6. The van der Waals surface area contributed by atoms with E-state index < -0.39 is 35.5 Å². The number of imide groups is 1. The Balaban J connectivity index is 2.20. The van der Waals surface area contributed by atoms with Gasteiger partial charge >= 0.3 is 12.1 Å². The van der Waals surface area contributed by atoms with E-state index in [-0.39, 0.29) is 19.6 Å². The fourth-order valence-electron chi connectivity index (χ4n) is 2.77. The molecule has 2 fully saturated rings. The summed E-state index contributed by atoms with van der Waals surface area (Å²) in [5.41, 5.74) is 4.07. The van der Waals surface area contributed by atoms with Gasteiger partial charge in [0.1, 0.15) is 11.6 Å². The first kappa shape index (κ1) is 16.1. The maximum Gasteiger partial charge on any atom is 0.410 e. The molecule has 0 aliphatic carbocycles. The normalized spacial score (nSPS) is 27.5. The summed E-state index contributed by atoms with van der Waals surface area (Å²) >= 11 is 0.